The molecule has 2 N–H and O–H groups in total. The molecule has 1 aliphatic rings. The van der Waals surface area contributed by atoms with Crippen molar-refractivity contribution < 1.29 is 27.4 Å². The van der Waals surface area contributed by atoms with Crippen molar-refractivity contribution in [2.45, 2.75) is 11.8 Å². The average Bonchev–Trinajstić information content (AvgIpc) is 2.53. The lowest BCUT2D eigenvalue weighted by molar-refractivity contribution is 0.0321. The number of carboxylic acids is 1. The molecule has 1 aliphatic heterocycles. The Labute approximate surface area is 140 Å². The molecule has 0 amide bonds. The van der Waals surface area contributed by atoms with Gasteiger partial charge in [0.15, 0.2) is 0 Å². The zero-order chi connectivity index (χ0) is 17.7. The van der Waals surface area contributed by atoms with Crippen LogP contribution >= 0.6 is 0 Å². The van der Waals surface area contributed by atoms with Gasteiger partial charge in [0, 0.05) is 26.2 Å². The fraction of sp³-hybridized carbons (Fsp3) is 0.533. The van der Waals surface area contributed by atoms with Crippen LogP contribution in [-0.4, -0.2) is 63.8 Å². The Balaban J connectivity index is 1.99. The van der Waals surface area contributed by atoms with Crippen molar-refractivity contribution in [3.63, 3.8) is 0 Å². The molecule has 1 unspecified atom stereocenters. The second-order valence-corrected chi connectivity index (χ2v) is 7.62. The number of aromatic carboxylic acids is 1. The molecule has 0 saturated carbocycles. The van der Waals surface area contributed by atoms with Crippen molar-refractivity contribution in [3.8, 4) is 0 Å². The molecule has 1 aromatic rings. The normalized spacial score (nSPS) is 17.6. The first-order chi connectivity index (χ1) is 11.3. The number of carboxylic acid groups (broad SMARTS) is 1. The highest BCUT2D eigenvalue weighted by molar-refractivity contribution is 7.89. The lowest BCUT2D eigenvalue weighted by Gasteiger charge is -2.29. The maximum atomic E-state index is 13.5. The molecule has 1 fully saturated rings. The van der Waals surface area contributed by atoms with E-state index in [-0.39, 0.29) is 12.5 Å². The van der Waals surface area contributed by atoms with E-state index in [1.54, 1.807) is 0 Å². The van der Waals surface area contributed by atoms with E-state index < -0.39 is 32.3 Å². The Morgan fingerprint density at radius 2 is 2.04 bits per heavy atom. The average molecular weight is 360 g/mol. The van der Waals surface area contributed by atoms with Crippen LogP contribution < -0.4 is 4.72 Å². The van der Waals surface area contributed by atoms with E-state index >= 15 is 0 Å². The number of benzene rings is 1. The third-order valence-electron chi connectivity index (χ3n) is 3.72. The summed E-state index contributed by atoms with van der Waals surface area (Å²) in [6.45, 7) is 5.76. The molecule has 2 rings (SSSR count). The Morgan fingerprint density at radius 1 is 1.38 bits per heavy atom. The number of morpholine rings is 1. The maximum Gasteiger partial charge on any atom is 0.335 e. The van der Waals surface area contributed by atoms with E-state index in [0.29, 0.717) is 13.2 Å². The molecule has 1 heterocycles. The van der Waals surface area contributed by atoms with Crippen molar-refractivity contribution in [3.05, 3.63) is 29.6 Å². The molecule has 1 atom stereocenters. The second-order valence-electron chi connectivity index (χ2n) is 5.85. The number of halogens is 1. The Kier molecular flexibility index (Phi) is 6.27. The number of hydrogen-bond acceptors (Lipinski definition) is 5. The lowest BCUT2D eigenvalue weighted by atomic mass is 10.1. The standard InChI is InChI=1S/C15H21FN2O5S/c1-11(10-18-2-4-23-5-3-18)9-17-24(21,22)14-7-12(15(19)20)6-13(16)8-14/h6-8,11,17H,2-5,9-10H2,1H3,(H,19,20). The van der Waals surface area contributed by atoms with Gasteiger partial charge < -0.3 is 9.84 Å². The summed E-state index contributed by atoms with van der Waals surface area (Å²) in [6, 6.07) is 2.53. The minimum atomic E-state index is -3.97. The molecule has 9 heteroatoms. The smallest absolute Gasteiger partial charge is 0.335 e. The summed E-state index contributed by atoms with van der Waals surface area (Å²) in [5.74, 6) is -2.24. The van der Waals surface area contributed by atoms with Gasteiger partial charge in [-0.3, -0.25) is 4.90 Å². The van der Waals surface area contributed by atoms with Gasteiger partial charge in [0.1, 0.15) is 5.82 Å². The molecule has 0 aliphatic carbocycles. The highest BCUT2D eigenvalue weighted by Gasteiger charge is 2.20. The Hall–Kier alpha value is -1.55. The van der Waals surface area contributed by atoms with Gasteiger partial charge in [0.05, 0.1) is 23.7 Å². The van der Waals surface area contributed by atoms with E-state index in [0.717, 1.165) is 37.8 Å². The summed E-state index contributed by atoms with van der Waals surface area (Å²) >= 11 is 0. The van der Waals surface area contributed by atoms with E-state index in [1.807, 2.05) is 6.92 Å². The molecule has 0 aromatic heterocycles. The maximum absolute atomic E-state index is 13.5. The van der Waals surface area contributed by atoms with Crippen LogP contribution in [0.1, 0.15) is 17.3 Å². The van der Waals surface area contributed by atoms with Gasteiger partial charge in [-0.2, -0.15) is 0 Å². The molecule has 1 aromatic carbocycles. The van der Waals surface area contributed by atoms with E-state index in [4.69, 9.17) is 9.84 Å². The minimum Gasteiger partial charge on any atom is -0.478 e. The number of nitrogens with zero attached hydrogens (tertiary/aromatic N) is 1. The molecule has 0 radical (unpaired) electrons. The predicted molar refractivity (Wildman–Crippen MR) is 85.0 cm³/mol. The topological polar surface area (TPSA) is 95.9 Å². The number of ether oxygens (including phenoxy) is 1. The molecule has 7 nitrogen and oxygen atoms in total. The van der Waals surface area contributed by atoms with Gasteiger partial charge in [0.2, 0.25) is 10.0 Å². The van der Waals surface area contributed by atoms with Gasteiger partial charge in [-0.15, -0.1) is 0 Å². The first kappa shape index (κ1) is 18.8. The third-order valence-corrected chi connectivity index (χ3v) is 5.13. The predicted octanol–water partition coefficient (Wildman–Crippen LogP) is 0.770. The highest BCUT2D eigenvalue weighted by Crippen LogP contribution is 2.15. The van der Waals surface area contributed by atoms with Gasteiger partial charge in [-0.1, -0.05) is 6.92 Å². The molecule has 24 heavy (non-hydrogen) atoms. The van der Waals surface area contributed by atoms with Crippen LogP contribution in [0.5, 0.6) is 0 Å². The van der Waals surface area contributed by atoms with Crippen LogP contribution in [0.4, 0.5) is 4.39 Å². The summed E-state index contributed by atoms with van der Waals surface area (Å²) in [5, 5.41) is 8.90. The van der Waals surface area contributed by atoms with Crippen molar-refractivity contribution in [2.24, 2.45) is 5.92 Å². The van der Waals surface area contributed by atoms with Crippen molar-refractivity contribution in [1.29, 1.82) is 0 Å². The second kappa shape index (κ2) is 8.02. The summed E-state index contributed by atoms with van der Waals surface area (Å²) in [6.07, 6.45) is 0. The van der Waals surface area contributed by atoms with Crippen LogP contribution in [0, 0.1) is 11.7 Å². The van der Waals surface area contributed by atoms with E-state index in [2.05, 4.69) is 9.62 Å². The molecule has 0 spiro atoms. The summed E-state index contributed by atoms with van der Waals surface area (Å²) in [4.78, 5) is 12.7. The van der Waals surface area contributed by atoms with Gasteiger partial charge in [0.25, 0.3) is 0 Å². The van der Waals surface area contributed by atoms with Crippen LogP contribution in [-0.2, 0) is 14.8 Å². The molecule has 1 saturated heterocycles. The molecule has 134 valence electrons. The summed E-state index contributed by atoms with van der Waals surface area (Å²) in [7, 11) is -3.97. The zero-order valence-electron chi connectivity index (χ0n) is 13.4. The van der Waals surface area contributed by atoms with Crippen molar-refractivity contribution in [2.75, 3.05) is 39.4 Å². The van der Waals surface area contributed by atoms with Crippen LogP contribution in [0.2, 0.25) is 0 Å². The number of hydrogen-bond donors (Lipinski definition) is 2. The number of rotatable bonds is 7. The molecular formula is C15H21FN2O5S. The number of nitrogens with one attached hydrogen (secondary N) is 1. The molecular weight excluding hydrogens is 339 g/mol. The van der Waals surface area contributed by atoms with Crippen LogP contribution in [0.15, 0.2) is 23.1 Å². The largest absolute Gasteiger partial charge is 0.478 e. The zero-order valence-corrected chi connectivity index (χ0v) is 14.2. The highest BCUT2D eigenvalue weighted by atomic mass is 32.2. The number of sulfonamides is 1. The first-order valence-corrected chi connectivity index (χ1v) is 9.10. The Morgan fingerprint density at radius 3 is 2.67 bits per heavy atom. The summed E-state index contributed by atoms with van der Waals surface area (Å²) < 4.78 is 45.6. The Bertz CT molecular complexity index is 689. The van der Waals surface area contributed by atoms with Gasteiger partial charge in [-0.25, -0.2) is 22.3 Å². The van der Waals surface area contributed by atoms with Gasteiger partial charge in [-0.05, 0) is 24.1 Å². The lowest BCUT2D eigenvalue weighted by Crippen LogP contribution is -2.41. The van der Waals surface area contributed by atoms with Gasteiger partial charge >= 0.3 is 5.97 Å². The SMILES string of the molecule is CC(CNS(=O)(=O)c1cc(F)cc(C(=O)O)c1)CN1CCOCC1. The van der Waals surface area contributed by atoms with Crippen LogP contribution in [0.3, 0.4) is 0 Å². The fourth-order valence-electron chi connectivity index (χ4n) is 2.47. The van der Waals surface area contributed by atoms with E-state index in [1.165, 1.54) is 0 Å². The minimum absolute atomic E-state index is 0.0466. The van der Waals surface area contributed by atoms with Crippen LogP contribution in [0.25, 0.3) is 0 Å². The van der Waals surface area contributed by atoms with E-state index in [9.17, 15) is 17.6 Å². The van der Waals surface area contributed by atoms with Crippen molar-refractivity contribution >= 4 is 16.0 Å². The number of carbonyl (C=O) groups is 1. The quantitative estimate of drug-likeness (QED) is 0.746. The first-order valence-electron chi connectivity index (χ1n) is 7.61. The molecule has 0 bridgehead atoms. The third kappa shape index (κ3) is 5.23. The summed E-state index contributed by atoms with van der Waals surface area (Å²) in [5.41, 5.74) is -0.406. The fourth-order valence-corrected chi connectivity index (χ4v) is 3.69. The van der Waals surface area contributed by atoms with Crippen molar-refractivity contribution in [1.82, 2.24) is 9.62 Å². The monoisotopic (exact) mass is 360 g/mol.